The van der Waals surface area contributed by atoms with Gasteiger partial charge in [-0.25, -0.2) is 15.2 Å². The lowest BCUT2D eigenvalue weighted by atomic mass is 9.95. The summed E-state index contributed by atoms with van der Waals surface area (Å²) in [5.41, 5.74) is 8.08. The number of nitrogens with zero attached hydrogens (tertiary/aromatic N) is 2. The number of benzene rings is 1. The molecule has 1 aromatic heterocycles. The molecule has 0 aliphatic carbocycles. The molecule has 30 heavy (non-hydrogen) atoms. The molecule has 0 radical (unpaired) electrons. The topological polar surface area (TPSA) is 86.4 Å². The highest BCUT2D eigenvalue weighted by Crippen LogP contribution is 2.24. The maximum absolute atomic E-state index is 13.7. The lowest BCUT2D eigenvalue weighted by molar-refractivity contribution is -0.136. The Balaban J connectivity index is 1.34. The van der Waals surface area contributed by atoms with Crippen LogP contribution in [0, 0.1) is 18.7 Å². The SMILES string of the molecule is Cc1ccc(NC(=O)C2CCCN(C(=O)C3CC(c4ccccn4)NN3)C2)cc1F. The zero-order valence-electron chi connectivity index (χ0n) is 16.9. The van der Waals surface area contributed by atoms with E-state index in [1.165, 1.54) is 6.07 Å². The Morgan fingerprint density at radius 2 is 2.10 bits per heavy atom. The molecule has 2 amide bonds. The van der Waals surface area contributed by atoms with Crippen LogP contribution in [-0.2, 0) is 9.59 Å². The summed E-state index contributed by atoms with van der Waals surface area (Å²) in [5, 5.41) is 2.78. The number of anilines is 1. The number of amides is 2. The van der Waals surface area contributed by atoms with Crippen molar-refractivity contribution in [2.24, 2.45) is 5.92 Å². The van der Waals surface area contributed by atoms with Gasteiger partial charge in [-0.15, -0.1) is 0 Å². The van der Waals surface area contributed by atoms with Crippen molar-refractivity contribution in [3.8, 4) is 0 Å². The number of aromatic nitrogens is 1. The molecular formula is C22H26FN5O2. The lowest BCUT2D eigenvalue weighted by Gasteiger charge is -2.33. The first kappa shape index (κ1) is 20.4. The van der Waals surface area contributed by atoms with Gasteiger partial charge >= 0.3 is 0 Å². The van der Waals surface area contributed by atoms with E-state index in [-0.39, 0.29) is 35.6 Å². The van der Waals surface area contributed by atoms with Gasteiger partial charge in [-0.05, 0) is 56.0 Å². The molecule has 2 aliphatic heterocycles. The van der Waals surface area contributed by atoms with Gasteiger partial charge in [0, 0.05) is 25.0 Å². The molecular weight excluding hydrogens is 385 g/mol. The number of rotatable bonds is 4. The number of hydrazine groups is 1. The number of carbonyl (C=O) groups excluding carboxylic acids is 2. The van der Waals surface area contributed by atoms with Crippen molar-refractivity contribution >= 4 is 17.5 Å². The Morgan fingerprint density at radius 1 is 1.23 bits per heavy atom. The van der Waals surface area contributed by atoms with Crippen molar-refractivity contribution in [1.29, 1.82) is 0 Å². The van der Waals surface area contributed by atoms with Gasteiger partial charge < -0.3 is 10.2 Å². The van der Waals surface area contributed by atoms with Crippen molar-refractivity contribution in [2.75, 3.05) is 18.4 Å². The maximum Gasteiger partial charge on any atom is 0.241 e. The van der Waals surface area contributed by atoms with Crippen LogP contribution >= 0.6 is 0 Å². The van der Waals surface area contributed by atoms with Gasteiger partial charge in [0.25, 0.3) is 0 Å². The quantitative estimate of drug-likeness (QED) is 0.719. The van der Waals surface area contributed by atoms with E-state index in [1.54, 1.807) is 30.2 Å². The minimum atomic E-state index is -0.356. The summed E-state index contributed by atoms with van der Waals surface area (Å²) in [6.45, 7) is 2.68. The number of likely N-dealkylation sites (tertiary alicyclic amines) is 1. The molecule has 7 nitrogen and oxygen atoms in total. The van der Waals surface area contributed by atoms with Crippen LogP contribution in [-0.4, -0.2) is 40.8 Å². The number of aryl methyl sites for hydroxylation is 1. The molecule has 158 valence electrons. The van der Waals surface area contributed by atoms with Gasteiger partial charge in [0.15, 0.2) is 0 Å². The highest BCUT2D eigenvalue weighted by molar-refractivity contribution is 5.93. The molecule has 3 N–H and O–H groups in total. The van der Waals surface area contributed by atoms with E-state index in [4.69, 9.17) is 0 Å². The lowest BCUT2D eigenvalue weighted by Crippen LogP contribution is -2.50. The molecule has 0 bridgehead atoms. The molecule has 2 saturated heterocycles. The standard InChI is InChI=1S/C22H26FN5O2/c1-14-7-8-16(11-17(14)23)25-21(29)15-5-4-10-28(13-15)22(30)20-12-19(26-27-20)18-6-2-3-9-24-18/h2-3,6-9,11,15,19-20,26-27H,4-5,10,12-13H2,1H3,(H,25,29). The first-order valence-electron chi connectivity index (χ1n) is 10.3. The molecule has 0 saturated carbocycles. The summed E-state index contributed by atoms with van der Waals surface area (Å²) >= 11 is 0. The van der Waals surface area contributed by atoms with Crippen molar-refractivity contribution in [2.45, 2.75) is 38.3 Å². The first-order chi connectivity index (χ1) is 14.5. The molecule has 2 aliphatic rings. The second-order valence-electron chi connectivity index (χ2n) is 7.96. The number of nitrogens with one attached hydrogen (secondary N) is 3. The van der Waals surface area contributed by atoms with Crippen LogP contribution in [0.4, 0.5) is 10.1 Å². The third kappa shape index (κ3) is 4.49. The van der Waals surface area contributed by atoms with Crippen molar-refractivity contribution in [1.82, 2.24) is 20.7 Å². The molecule has 2 aromatic rings. The summed E-state index contributed by atoms with van der Waals surface area (Å²) in [5.74, 6) is -0.858. The van der Waals surface area contributed by atoms with E-state index < -0.39 is 0 Å². The minimum Gasteiger partial charge on any atom is -0.341 e. The summed E-state index contributed by atoms with van der Waals surface area (Å²) in [6.07, 6.45) is 3.80. The van der Waals surface area contributed by atoms with Crippen molar-refractivity contribution in [3.05, 3.63) is 59.7 Å². The maximum atomic E-state index is 13.7. The van der Waals surface area contributed by atoms with E-state index in [1.807, 2.05) is 18.2 Å². The predicted octanol–water partition coefficient (Wildman–Crippen LogP) is 2.31. The average Bonchev–Trinajstić information content (AvgIpc) is 3.27. The Labute approximate surface area is 175 Å². The van der Waals surface area contributed by atoms with Crippen LogP contribution < -0.4 is 16.2 Å². The Morgan fingerprint density at radius 3 is 2.87 bits per heavy atom. The van der Waals surface area contributed by atoms with Crippen LogP contribution in [0.15, 0.2) is 42.6 Å². The van der Waals surface area contributed by atoms with Gasteiger partial charge in [-0.2, -0.15) is 0 Å². The number of hydrogen-bond donors (Lipinski definition) is 3. The van der Waals surface area contributed by atoms with E-state index >= 15 is 0 Å². The van der Waals surface area contributed by atoms with Crippen LogP contribution in [0.5, 0.6) is 0 Å². The van der Waals surface area contributed by atoms with Crippen LogP contribution in [0.2, 0.25) is 0 Å². The molecule has 1 aromatic carbocycles. The van der Waals surface area contributed by atoms with E-state index in [9.17, 15) is 14.0 Å². The number of piperidine rings is 1. The van der Waals surface area contributed by atoms with E-state index in [0.29, 0.717) is 37.2 Å². The Kier molecular flexibility index (Phi) is 6.06. The zero-order chi connectivity index (χ0) is 21.1. The fraction of sp³-hybridized carbons (Fsp3) is 0.409. The summed E-state index contributed by atoms with van der Waals surface area (Å²) in [7, 11) is 0. The molecule has 8 heteroatoms. The molecule has 3 heterocycles. The number of pyridine rings is 1. The predicted molar refractivity (Wildman–Crippen MR) is 111 cm³/mol. The minimum absolute atomic E-state index is 0.0141. The van der Waals surface area contributed by atoms with Gasteiger partial charge in [0.05, 0.1) is 17.7 Å². The number of hydrogen-bond acceptors (Lipinski definition) is 5. The van der Waals surface area contributed by atoms with Crippen molar-refractivity contribution < 1.29 is 14.0 Å². The van der Waals surface area contributed by atoms with Crippen molar-refractivity contribution in [3.63, 3.8) is 0 Å². The number of halogens is 1. The number of carbonyl (C=O) groups is 2. The molecule has 2 fully saturated rings. The Hall–Kier alpha value is -2.84. The first-order valence-corrected chi connectivity index (χ1v) is 10.3. The summed E-state index contributed by atoms with van der Waals surface area (Å²) in [4.78, 5) is 31.8. The van der Waals surface area contributed by atoms with E-state index in [0.717, 1.165) is 12.1 Å². The molecule has 3 atom stereocenters. The largest absolute Gasteiger partial charge is 0.341 e. The van der Waals surface area contributed by atoms with Gasteiger partial charge in [0.1, 0.15) is 11.9 Å². The highest BCUT2D eigenvalue weighted by atomic mass is 19.1. The molecule has 0 spiro atoms. The fourth-order valence-corrected chi connectivity index (χ4v) is 4.02. The second-order valence-corrected chi connectivity index (χ2v) is 7.96. The van der Waals surface area contributed by atoms with Crippen LogP contribution in [0.1, 0.15) is 36.6 Å². The van der Waals surface area contributed by atoms with Crippen LogP contribution in [0.3, 0.4) is 0 Å². The van der Waals surface area contributed by atoms with Crippen LogP contribution in [0.25, 0.3) is 0 Å². The van der Waals surface area contributed by atoms with Gasteiger partial charge in [-0.1, -0.05) is 12.1 Å². The Bertz CT molecular complexity index is 923. The van der Waals surface area contributed by atoms with Gasteiger partial charge in [-0.3, -0.25) is 14.6 Å². The van der Waals surface area contributed by atoms with Gasteiger partial charge in [0.2, 0.25) is 11.8 Å². The fourth-order valence-electron chi connectivity index (χ4n) is 4.02. The zero-order valence-corrected chi connectivity index (χ0v) is 16.9. The summed E-state index contributed by atoms with van der Waals surface area (Å²) in [6, 6.07) is 9.98. The average molecular weight is 411 g/mol. The highest BCUT2D eigenvalue weighted by Gasteiger charge is 2.36. The molecule has 3 unspecified atom stereocenters. The second kappa shape index (κ2) is 8.89. The third-order valence-corrected chi connectivity index (χ3v) is 5.79. The summed E-state index contributed by atoms with van der Waals surface area (Å²) < 4.78 is 13.7. The monoisotopic (exact) mass is 411 g/mol. The normalized spacial score (nSPS) is 23.9. The third-order valence-electron chi connectivity index (χ3n) is 5.79. The smallest absolute Gasteiger partial charge is 0.241 e. The molecule has 4 rings (SSSR count). The van der Waals surface area contributed by atoms with E-state index in [2.05, 4.69) is 21.2 Å².